The summed E-state index contributed by atoms with van der Waals surface area (Å²) in [5.74, 6) is 0.156. The first-order valence-corrected chi connectivity index (χ1v) is 6.45. The summed E-state index contributed by atoms with van der Waals surface area (Å²) >= 11 is 1.54. The molecule has 1 fully saturated rings. The number of aromatic nitrogens is 1. The Hall–Kier alpha value is -0.940. The smallest absolute Gasteiger partial charge is 0.245 e. The average molecular weight is 239 g/mol. The van der Waals surface area contributed by atoms with Crippen molar-refractivity contribution < 1.29 is 4.79 Å². The Balaban J connectivity index is 2.07. The molecule has 2 heterocycles. The first kappa shape index (κ1) is 11.5. The Bertz CT molecular complexity index is 388. The second kappa shape index (κ2) is 4.51. The Labute approximate surface area is 99.7 Å². The highest BCUT2D eigenvalue weighted by Crippen LogP contribution is 2.25. The first-order chi connectivity index (χ1) is 7.58. The summed E-state index contributed by atoms with van der Waals surface area (Å²) in [6.45, 7) is 6.84. The van der Waals surface area contributed by atoms with E-state index in [0.717, 1.165) is 23.8 Å². The van der Waals surface area contributed by atoms with Crippen LogP contribution in [0.5, 0.6) is 0 Å². The van der Waals surface area contributed by atoms with Gasteiger partial charge in [-0.15, -0.1) is 11.3 Å². The maximum absolute atomic E-state index is 12.1. The Morgan fingerprint density at radius 2 is 2.38 bits per heavy atom. The molecule has 4 nitrogen and oxygen atoms in total. The second-order valence-corrected chi connectivity index (χ2v) is 5.26. The number of carbonyl (C=O) groups excluding carboxylic acids is 1. The molecular formula is C11H17N3OS. The van der Waals surface area contributed by atoms with Gasteiger partial charge in [0.05, 0.1) is 11.7 Å². The fraction of sp³-hybridized carbons (Fsp3) is 0.636. The Morgan fingerprint density at radius 3 is 2.94 bits per heavy atom. The molecule has 1 saturated heterocycles. The highest BCUT2D eigenvalue weighted by atomic mass is 32.1. The van der Waals surface area contributed by atoms with E-state index in [1.165, 1.54) is 11.3 Å². The van der Waals surface area contributed by atoms with Crippen molar-refractivity contribution in [2.45, 2.75) is 39.3 Å². The van der Waals surface area contributed by atoms with E-state index in [2.05, 4.69) is 24.1 Å². The van der Waals surface area contributed by atoms with Crippen LogP contribution < -0.4 is 10.2 Å². The second-order valence-electron chi connectivity index (χ2n) is 4.42. The molecule has 5 heteroatoms. The van der Waals surface area contributed by atoms with Crippen molar-refractivity contribution >= 4 is 22.4 Å². The number of hydrogen-bond donors (Lipinski definition) is 1. The highest BCUT2D eigenvalue weighted by Gasteiger charge is 2.33. The van der Waals surface area contributed by atoms with Crippen LogP contribution in [0, 0.1) is 6.92 Å². The van der Waals surface area contributed by atoms with Gasteiger partial charge in [-0.1, -0.05) is 13.8 Å². The molecule has 1 amide bonds. The van der Waals surface area contributed by atoms with Gasteiger partial charge in [-0.3, -0.25) is 9.69 Å². The molecule has 0 bridgehead atoms. The summed E-state index contributed by atoms with van der Waals surface area (Å²) in [5, 5.41) is 6.09. The molecule has 88 valence electrons. The van der Waals surface area contributed by atoms with Crippen LogP contribution in [-0.2, 0) is 4.79 Å². The van der Waals surface area contributed by atoms with E-state index in [0.29, 0.717) is 6.04 Å². The monoisotopic (exact) mass is 239 g/mol. The summed E-state index contributed by atoms with van der Waals surface area (Å²) in [6.07, 6.45) is 0.871. The number of nitrogens with one attached hydrogen (secondary N) is 1. The van der Waals surface area contributed by atoms with Gasteiger partial charge >= 0.3 is 0 Å². The summed E-state index contributed by atoms with van der Waals surface area (Å²) in [6, 6.07) is 0.302. The van der Waals surface area contributed by atoms with Gasteiger partial charge in [-0.25, -0.2) is 4.98 Å². The lowest BCUT2D eigenvalue weighted by atomic mass is 10.2. The Morgan fingerprint density at radius 1 is 1.62 bits per heavy atom. The number of anilines is 1. The van der Waals surface area contributed by atoms with Crippen LogP contribution in [0.15, 0.2) is 5.38 Å². The summed E-state index contributed by atoms with van der Waals surface area (Å²) < 4.78 is 0. The number of carbonyl (C=O) groups is 1. The van der Waals surface area contributed by atoms with Crippen LogP contribution in [0.2, 0.25) is 0 Å². The van der Waals surface area contributed by atoms with Crippen molar-refractivity contribution in [1.82, 2.24) is 10.3 Å². The lowest BCUT2D eigenvalue weighted by Crippen LogP contribution is -2.41. The van der Waals surface area contributed by atoms with Crippen molar-refractivity contribution in [2.75, 3.05) is 11.4 Å². The molecule has 0 radical (unpaired) electrons. The molecule has 1 aromatic heterocycles. The van der Waals surface area contributed by atoms with Gasteiger partial charge in [0, 0.05) is 18.0 Å². The third-order valence-corrected chi connectivity index (χ3v) is 3.56. The fourth-order valence-electron chi connectivity index (χ4n) is 1.89. The van der Waals surface area contributed by atoms with Crippen LogP contribution in [0.1, 0.15) is 26.0 Å². The number of aryl methyl sites for hydroxylation is 1. The van der Waals surface area contributed by atoms with E-state index < -0.39 is 0 Å². The van der Waals surface area contributed by atoms with Crippen molar-refractivity contribution in [1.29, 1.82) is 0 Å². The van der Waals surface area contributed by atoms with E-state index in [1.807, 2.05) is 12.3 Å². The van der Waals surface area contributed by atoms with E-state index in [9.17, 15) is 4.79 Å². The summed E-state index contributed by atoms with van der Waals surface area (Å²) in [7, 11) is 0. The van der Waals surface area contributed by atoms with E-state index in [-0.39, 0.29) is 11.9 Å². The molecule has 1 aliphatic heterocycles. The number of amides is 1. The van der Waals surface area contributed by atoms with Gasteiger partial charge in [0.25, 0.3) is 0 Å². The molecule has 1 aromatic rings. The van der Waals surface area contributed by atoms with E-state index in [4.69, 9.17) is 0 Å². The predicted octanol–water partition coefficient (Wildman–Crippen LogP) is 1.55. The lowest BCUT2D eigenvalue weighted by Gasteiger charge is -2.15. The van der Waals surface area contributed by atoms with Crippen molar-refractivity contribution in [2.24, 2.45) is 0 Å². The van der Waals surface area contributed by atoms with Gasteiger partial charge in [0.15, 0.2) is 5.13 Å². The highest BCUT2D eigenvalue weighted by molar-refractivity contribution is 7.14. The maximum atomic E-state index is 12.1. The van der Waals surface area contributed by atoms with Crippen molar-refractivity contribution in [3.05, 3.63) is 11.1 Å². The molecule has 0 aromatic carbocycles. The van der Waals surface area contributed by atoms with Gasteiger partial charge in [0.1, 0.15) is 0 Å². The van der Waals surface area contributed by atoms with E-state index in [1.54, 1.807) is 4.90 Å². The summed E-state index contributed by atoms with van der Waals surface area (Å²) in [5.41, 5.74) is 0.980. The van der Waals surface area contributed by atoms with Crippen LogP contribution in [-0.4, -0.2) is 29.5 Å². The summed E-state index contributed by atoms with van der Waals surface area (Å²) in [4.78, 5) is 18.2. The zero-order chi connectivity index (χ0) is 11.7. The number of rotatable bonds is 3. The fourth-order valence-corrected chi connectivity index (χ4v) is 2.73. The van der Waals surface area contributed by atoms with Crippen LogP contribution in [0.4, 0.5) is 5.13 Å². The quantitative estimate of drug-likeness (QED) is 0.870. The molecule has 1 N–H and O–H groups in total. The van der Waals surface area contributed by atoms with Gasteiger partial charge < -0.3 is 5.32 Å². The SMILES string of the molecule is Cc1csc(N2CCC(NC(C)C)C2=O)n1. The predicted molar refractivity (Wildman–Crippen MR) is 65.9 cm³/mol. The minimum atomic E-state index is -0.0378. The van der Waals surface area contributed by atoms with E-state index >= 15 is 0 Å². The lowest BCUT2D eigenvalue weighted by molar-refractivity contribution is -0.118. The van der Waals surface area contributed by atoms with Crippen LogP contribution >= 0.6 is 11.3 Å². The molecule has 1 aliphatic rings. The Kier molecular flexibility index (Phi) is 3.25. The molecule has 2 rings (SSSR count). The molecule has 0 spiro atoms. The third-order valence-electron chi connectivity index (χ3n) is 2.58. The minimum Gasteiger partial charge on any atom is -0.304 e. The standard InChI is InChI=1S/C11H17N3OS/c1-7(2)12-9-4-5-14(10(9)15)11-13-8(3)6-16-11/h6-7,9,12H,4-5H2,1-3H3. The average Bonchev–Trinajstić information content (AvgIpc) is 2.74. The zero-order valence-electron chi connectivity index (χ0n) is 9.86. The maximum Gasteiger partial charge on any atom is 0.245 e. The minimum absolute atomic E-state index is 0.0378. The largest absolute Gasteiger partial charge is 0.304 e. The normalized spacial score (nSPS) is 21.1. The van der Waals surface area contributed by atoms with Crippen LogP contribution in [0.25, 0.3) is 0 Å². The molecule has 1 unspecified atom stereocenters. The molecule has 0 aliphatic carbocycles. The van der Waals surface area contributed by atoms with Gasteiger partial charge in [-0.05, 0) is 13.3 Å². The molecule has 16 heavy (non-hydrogen) atoms. The topological polar surface area (TPSA) is 45.2 Å². The third kappa shape index (κ3) is 2.25. The molecular weight excluding hydrogens is 222 g/mol. The number of thiazole rings is 1. The first-order valence-electron chi connectivity index (χ1n) is 5.57. The van der Waals surface area contributed by atoms with Gasteiger partial charge in [0.2, 0.25) is 5.91 Å². The van der Waals surface area contributed by atoms with Crippen molar-refractivity contribution in [3.8, 4) is 0 Å². The van der Waals surface area contributed by atoms with Crippen LogP contribution in [0.3, 0.4) is 0 Å². The molecule has 0 saturated carbocycles. The van der Waals surface area contributed by atoms with Crippen molar-refractivity contribution in [3.63, 3.8) is 0 Å². The molecule has 1 atom stereocenters. The number of nitrogens with zero attached hydrogens (tertiary/aromatic N) is 2. The van der Waals surface area contributed by atoms with Gasteiger partial charge in [-0.2, -0.15) is 0 Å². The number of hydrogen-bond acceptors (Lipinski definition) is 4. The zero-order valence-corrected chi connectivity index (χ0v) is 10.7.